The molecule has 10 rings (SSSR count). The summed E-state index contributed by atoms with van der Waals surface area (Å²) in [4.78, 5) is 4.90. The first-order valence-electron chi connectivity index (χ1n) is 13.8. The molecule has 2 aliphatic rings. The third kappa shape index (κ3) is 2.22. The van der Waals surface area contributed by atoms with E-state index in [4.69, 9.17) is 9.72 Å². The molecule has 0 atom stereocenters. The topological polar surface area (TPSA) is 35.3 Å². The van der Waals surface area contributed by atoms with Gasteiger partial charge in [-0.1, -0.05) is 54.6 Å². The number of aryl methyl sites for hydroxylation is 2. The highest BCUT2D eigenvalue weighted by Gasteiger charge is 2.43. The number of fused-ring (bicyclic) bond motifs is 13. The Balaban J connectivity index is 1.56. The van der Waals surface area contributed by atoms with E-state index in [1.165, 1.54) is 65.9 Å². The Morgan fingerprint density at radius 2 is 1.57 bits per heavy atom. The minimum absolute atomic E-state index is 0.0700. The number of para-hydroxylation sites is 5. The van der Waals surface area contributed by atoms with Crippen LogP contribution < -0.4 is 25.7 Å². The number of rotatable bonds is 0. The Morgan fingerprint density at radius 1 is 0.800 bits per heavy atom. The first-order chi connectivity index (χ1) is 19.7. The zero-order chi connectivity index (χ0) is 26.3. The molecule has 5 aromatic carbocycles. The standard InChI is InChI=1S/C34H22BN4O/c1-19-28-29(20-10-3-5-14-24(20)39-26-16-7-6-15-25(26)37(2)34(28)39)32-30-33(19)40-27-17-8-4-11-21(27)35(30)22-12-9-13-23-31(22)38(32)18-36-23/h3-18H,1-2H3/q+1. The molecule has 40 heavy (non-hydrogen) atoms. The summed E-state index contributed by atoms with van der Waals surface area (Å²) in [5.41, 5.74) is 13.0. The molecule has 186 valence electrons. The highest BCUT2D eigenvalue weighted by molar-refractivity contribution is 6.99. The van der Waals surface area contributed by atoms with E-state index in [2.05, 4.69) is 119 Å². The SMILES string of the molecule is Cc1c2c3c(c4c5ccccc5n5c6ccccc6[n+](C)c5c14)-n1cnc4cccc(c41)B3c1ccccc1O2. The Labute approximate surface area is 229 Å². The minimum Gasteiger partial charge on any atom is -0.458 e. The lowest BCUT2D eigenvalue weighted by Crippen LogP contribution is -2.58. The largest absolute Gasteiger partial charge is 0.458 e. The summed E-state index contributed by atoms with van der Waals surface area (Å²) in [7, 11) is 2.18. The quantitative estimate of drug-likeness (QED) is 0.166. The van der Waals surface area contributed by atoms with Crippen molar-refractivity contribution in [1.29, 1.82) is 0 Å². The van der Waals surface area contributed by atoms with Gasteiger partial charge >= 0.3 is 0 Å². The molecule has 3 aromatic heterocycles. The zero-order valence-corrected chi connectivity index (χ0v) is 22.0. The van der Waals surface area contributed by atoms with Crippen molar-refractivity contribution in [3.63, 3.8) is 0 Å². The van der Waals surface area contributed by atoms with Gasteiger partial charge in [-0.05, 0) is 59.7 Å². The molecule has 5 heterocycles. The van der Waals surface area contributed by atoms with Crippen molar-refractivity contribution in [3.05, 3.63) is 103 Å². The highest BCUT2D eigenvalue weighted by Crippen LogP contribution is 2.43. The molecule has 0 N–H and O–H groups in total. The minimum atomic E-state index is 0.0700. The fourth-order valence-corrected chi connectivity index (χ4v) is 7.67. The molecule has 0 amide bonds. The highest BCUT2D eigenvalue weighted by atomic mass is 16.5. The van der Waals surface area contributed by atoms with E-state index in [-0.39, 0.29) is 6.71 Å². The van der Waals surface area contributed by atoms with Gasteiger partial charge in [0.2, 0.25) is 0 Å². The van der Waals surface area contributed by atoms with Crippen molar-refractivity contribution in [3.8, 4) is 17.2 Å². The van der Waals surface area contributed by atoms with Crippen LogP contribution in [0.4, 0.5) is 0 Å². The van der Waals surface area contributed by atoms with Gasteiger partial charge in [-0.15, -0.1) is 0 Å². The second-order valence-electron chi connectivity index (χ2n) is 11.1. The van der Waals surface area contributed by atoms with Crippen LogP contribution in [0.1, 0.15) is 5.56 Å². The van der Waals surface area contributed by atoms with Crippen molar-refractivity contribution in [2.75, 3.05) is 0 Å². The smallest absolute Gasteiger partial charge is 0.295 e. The van der Waals surface area contributed by atoms with E-state index in [1.54, 1.807) is 0 Å². The molecule has 0 spiro atoms. The number of ether oxygens (including phenoxy) is 1. The molecular weight excluding hydrogens is 491 g/mol. The van der Waals surface area contributed by atoms with E-state index in [9.17, 15) is 0 Å². The summed E-state index contributed by atoms with van der Waals surface area (Å²) < 4.78 is 14.0. The summed E-state index contributed by atoms with van der Waals surface area (Å²) in [6.45, 7) is 2.31. The predicted molar refractivity (Wildman–Crippen MR) is 162 cm³/mol. The molecule has 0 radical (unpaired) electrons. The normalized spacial score (nSPS) is 13.4. The second-order valence-corrected chi connectivity index (χ2v) is 11.1. The third-order valence-corrected chi connectivity index (χ3v) is 9.24. The Hall–Kier alpha value is -5.10. The molecule has 0 saturated carbocycles. The maximum absolute atomic E-state index is 6.87. The lowest BCUT2D eigenvalue weighted by atomic mass is 9.34. The molecule has 2 aliphatic heterocycles. The van der Waals surface area contributed by atoms with Gasteiger partial charge in [0.1, 0.15) is 23.3 Å². The van der Waals surface area contributed by atoms with Gasteiger partial charge in [0, 0.05) is 16.3 Å². The average molecular weight is 513 g/mol. The third-order valence-electron chi connectivity index (χ3n) is 9.24. The molecule has 0 aliphatic carbocycles. The monoisotopic (exact) mass is 513 g/mol. The fraction of sp³-hybridized carbons (Fsp3) is 0.0588. The number of hydrogen-bond donors (Lipinski definition) is 0. The van der Waals surface area contributed by atoms with Gasteiger partial charge in [0.25, 0.3) is 12.4 Å². The number of benzene rings is 5. The van der Waals surface area contributed by atoms with Gasteiger partial charge in [-0.3, -0.25) is 4.57 Å². The Kier molecular flexibility index (Phi) is 3.59. The van der Waals surface area contributed by atoms with Crippen LogP contribution in [0, 0.1) is 6.92 Å². The van der Waals surface area contributed by atoms with E-state index >= 15 is 0 Å². The predicted octanol–water partition coefficient (Wildman–Crippen LogP) is 4.81. The van der Waals surface area contributed by atoms with Gasteiger partial charge < -0.3 is 4.74 Å². The maximum Gasteiger partial charge on any atom is 0.295 e. The number of pyridine rings is 1. The average Bonchev–Trinajstić information content (AvgIpc) is 3.56. The molecule has 0 unspecified atom stereocenters. The first kappa shape index (κ1) is 20.8. The lowest BCUT2D eigenvalue weighted by Gasteiger charge is -2.34. The van der Waals surface area contributed by atoms with Crippen LogP contribution in [-0.4, -0.2) is 20.7 Å². The van der Waals surface area contributed by atoms with E-state index < -0.39 is 0 Å². The Bertz CT molecular complexity index is 2450. The van der Waals surface area contributed by atoms with Gasteiger partial charge in [-0.2, -0.15) is 4.40 Å². The van der Waals surface area contributed by atoms with Crippen LogP contribution in [0.2, 0.25) is 0 Å². The molecule has 6 heteroatoms. The van der Waals surface area contributed by atoms with Crippen LogP contribution in [0.3, 0.4) is 0 Å². The molecule has 0 bridgehead atoms. The zero-order valence-electron chi connectivity index (χ0n) is 22.0. The number of imidazole rings is 2. The molecule has 5 nitrogen and oxygen atoms in total. The summed E-state index contributed by atoms with van der Waals surface area (Å²) in [6, 6.07) is 32.5. The van der Waals surface area contributed by atoms with Crippen molar-refractivity contribution in [1.82, 2.24) is 14.0 Å². The lowest BCUT2D eigenvalue weighted by molar-refractivity contribution is -0.617. The molecular formula is C34H22BN4O+. The Morgan fingerprint density at radius 3 is 2.50 bits per heavy atom. The van der Waals surface area contributed by atoms with Crippen LogP contribution in [0.15, 0.2) is 97.3 Å². The van der Waals surface area contributed by atoms with Crippen molar-refractivity contribution < 1.29 is 9.30 Å². The van der Waals surface area contributed by atoms with Gasteiger partial charge in [-0.25, -0.2) is 9.55 Å². The molecule has 0 saturated heterocycles. The van der Waals surface area contributed by atoms with E-state index in [0.717, 1.165) is 22.6 Å². The molecule has 8 aromatic rings. The van der Waals surface area contributed by atoms with Gasteiger partial charge in [0.15, 0.2) is 11.0 Å². The second kappa shape index (κ2) is 6.91. The van der Waals surface area contributed by atoms with Crippen LogP contribution in [-0.2, 0) is 7.05 Å². The first-order valence-corrected chi connectivity index (χ1v) is 13.8. The van der Waals surface area contributed by atoms with Crippen molar-refractivity contribution >= 4 is 72.5 Å². The van der Waals surface area contributed by atoms with Crippen molar-refractivity contribution in [2.45, 2.75) is 6.92 Å². The van der Waals surface area contributed by atoms with Gasteiger partial charge in [0.05, 0.1) is 29.2 Å². The van der Waals surface area contributed by atoms with E-state index in [1.807, 2.05) is 6.33 Å². The summed E-state index contributed by atoms with van der Waals surface area (Å²) in [5.74, 6) is 1.89. The van der Waals surface area contributed by atoms with Crippen LogP contribution >= 0.6 is 0 Å². The van der Waals surface area contributed by atoms with Crippen LogP contribution in [0.5, 0.6) is 11.5 Å². The summed E-state index contributed by atoms with van der Waals surface area (Å²) >= 11 is 0. The number of hydrogen-bond acceptors (Lipinski definition) is 2. The maximum atomic E-state index is 6.87. The van der Waals surface area contributed by atoms with E-state index in [0.29, 0.717) is 0 Å². The fourth-order valence-electron chi connectivity index (χ4n) is 7.67. The van der Waals surface area contributed by atoms with Crippen LogP contribution in [0.25, 0.3) is 55.1 Å². The number of nitrogens with zero attached hydrogens (tertiary/aromatic N) is 4. The summed E-state index contributed by atoms with van der Waals surface area (Å²) in [6.07, 6.45) is 2.00. The van der Waals surface area contributed by atoms with Crippen molar-refractivity contribution in [2.24, 2.45) is 7.05 Å². The number of aromatic nitrogens is 4. The summed E-state index contributed by atoms with van der Waals surface area (Å²) in [5, 5.41) is 3.69. The molecule has 0 fully saturated rings.